The number of hydrogen-bond acceptors (Lipinski definition) is 8. The molecule has 8 nitrogen and oxygen atoms in total. The van der Waals surface area contributed by atoms with Crippen molar-refractivity contribution >= 4 is 22.9 Å². The molecule has 3 rings (SSSR count). The normalized spacial score (nSPS) is 12.5. The number of aromatic hydroxyl groups is 2. The lowest BCUT2D eigenvalue weighted by Gasteiger charge is -2.26. The number of phenolic OH excluding ortho intramolecular Hbond substituents is 2. The third kappa shape index (κ3) is 4.83. The van der Waals surface area contributed by atoms with E-state index >= 15 is 8.78 Å². The molecule has 0 amide bonds. The van der Waals surface area contributed by atoms with Gasteiger partial charge in [0.15, 0.2) is 11.6 Å². The summed E-state index contributed by atoms with van der Waals surface area (Å²) in [5.41, 5.74) is -2.65. The number of unbranched alkanes of at least 4 members (excludes halogenated alkanes) is 3. The minimum absolute atomic E-state index is 0.0624. The van der Waals surface area contributed by atoms with Crippen LogP contribution in [0.15, 0.2) is 12.1 Å². The maximum absolute atomic E-state index is 15.2. The summed E-state index contributed by atoms with van der Waals surface area (Å²) in [7, 11) is 0. The van der Waals surface area contributed by atoms with Gasteiger partial charge in [0.25, 0.3) is 0 Å². The van der Waals surface area contributed by atoms with Crippen molar-refractivity contribution in [2.75, 3.05) is 43.4 Å². The topological polar surface area (TPSA) is 131 Å². The van der Waals surface area contributed by atoms with E-state index in [1.807, 2.05) is 6.92 Å². The molecular formula is C24H29F2N3O5. The Hall–Kier alpha value is -3.24. The maximum Gasteiger partial charge on any atom is 0.200 e. The number of fused-ring (bicyclic) bond motifs is 2. The van der Waals surface area contributed by atoms with E-state index in [4.69, 9.17) is 5.11 Å². The molecule has 0 fully saturated rings. The summed E-state index contributed by atoms with van der Waals surface area (Å²) in [5, 5.41) is 37.7. The van der Waals surface area contributed by atoms with Crippen molar-refractivity contribution in [1.29, 1.82) is 0 Å². The molecule has 0 bridgehead atoms. The first-order chi connectivity index (χ1) is 16.3. The summed E-state index contributed by atoms with van der Waals surface area (Å²) in [6.07, 6.45) is 3.44. The van der Waals surface area contributed by atoms with Crippen molar-refractivity contribution in [2.24, 2.45) is 0 Å². The number of aliphatic hydroxyl groups excluding tert-OH is 1. The van der Waals surface area contributed by atoms with Crippen LogP contribution in [0, 0.1) is 11.6 Å². The summed E-state index contributed by atoms with van der Waals surface area (Å²) in [5.74, 6) is -5.54. The fourth-order valence-corrected chi connectivity index (χ4v) is 4.01. The highest BCUT2D eigenvalue weighted by Gasteiger charge is 2.41. The first-order valence-electron chi connectivity index (χ1n) is 11.3. The Kier molecular flexibility index (Phi) is 8.41. The van der Waals surface area contributed by atoms with E-state index in [-0.39, 0.29) is 32.8 Å². The molecule has 2 aromatic rings. The first-order valence-corrected chi connectivity index (χ1v) is 11.3. The van der Waals surface area contributed by atoms with Crippen LogP contribution in [0.1, 0.15) is 64.4 Å². The number of nitrogens with one attached hydrogen (secondary N) is 3. The van der Waals surface area contributed by atoms with Crippen LogP contribution in [-0.2, 0) is 0 Å². The Bertz CT molecular complexity index is 1010. The molecule has 1 aliphatic carbocycles. The number of carbonyl (C=O) groups excluding carboxylic acids is 2. The molecule has 2 aromatic carbocycles. The zero-order chi connectivity index (χ0) is 24.8. The molecule has 0 heterocycles. The summed E-state index contributed by atoms with van der Waals surface area (Å²) in [6, 6.07) is 2.12. The average molecular weight is 478 g/mol. The highest BCUT2D eigenvalue weighted by molar-refractivity contribution is 6.33. The zero-order valence-corrected chi connectivity index (χ0v) is 18.9. The molecule has 0 unspecified atom stereocenters. The molecule has 0 radical (unpaired) electrons. The van der Waals surface area contributed by atoms with Crippen LogP contribution in [0.5, 0.6) is 11.5 Å². The Balaban J connectivity index is 2.10. The van der Waals surface area contributed by atoms with E-state index in [0.717, 1.165) is 31.4 Å². The minimum atomic E-state index is -1.33. The van der Waals surface area contributed by atoms with Crippen LogP contribution in [0.4, 0.5) is 20.2 Å². The first kappa shape index (κ1) is 25.4. The number of rotatable bonds is 12. The van der Waals surface area contributed by atoms with E-state index in [1.54, 1.807) is 0 Å². The van der Waals surface area contributed by atoms with Gasteiger partial charge in [0, 0.05) is 26.2 Å². The van der Waals surface area contributed by atoms with Crippen molar-refractivity contribution in [1.82, 2.24) is 5.32 Å². The van der Waals surface area contributed by atoms with E-state index in [9.17, 15) is 19.8 Å². The number of carbonyl (C=O) groups is 2. The summed E-state index contributed by atoms with van der Waals surface area (Å²) < 4.78 is 30.4. The lowest BCUT2D eigenvalue weighted by Crippen LogP contribution is -2.29. The molecule has 10 heteroatoms. The lowest BCUT2D eigenvalue weighted by molar-refractivity contribution is 0.0974. The minimum Gasteiger partial charge on any atom is -0.507 e. The molecule has 6 N–H and O–H groups in total. The van der Waals surface area contributed by atoms with Gasteiger partial charge in [-0.15, -0.1) is 0 Å². The van der Waals surface area contributed by atoms with Gasteiger partial charge in [-0.1, -0.05) is 26.2 Å². The molecule has 34 heavy (non-hydrogen) atoms. The van der Waals surface area contributed by atoms with Gasteiger partial charge in [-0.05, 0) is 18.6 Å². The highest BCUT2D eigenvalue weighted by Crippen LogP contribution is 2.44. The van der Waals surface area contributed by atoms with Gasteiger partial charge in [-0.2, -0.15) is 0 Å². The fraction of sp³-hybridized carbons (Fsp3) is 0.417. The Labute approximate surface area is 196 Å². The third-order valence-electron chi connectivity index (χ3n) is 5.68. The maximum atomic E-state index is 15.2. The summed E-state index contributed by atoms with van der Waals surface area (Å²) in [6.45, 7) is 2.79. The van der Waals surface area contributed by atoms with E-state index in [0.29, 0.717) is 6.42 Å². The fourth-order valence-electron chi connectivity index (χ4n) is 4.01. The van der Waals surface area contributed by atoms with Crippen molar-refractivity contribution in [2.45, 2.75) is 32.6 Å². The number of halogens is 2. The Morgan fingerprint density at radius 1 is 0.735 bits per heavy atom. The van der Waals surface area contributed by atoms with Crippen LogP contribution < -0.4 is 16.0 Å². The monoisotopic (exact) mass is 477 g/mol. The van der Waals surface area contributed by atoms with E-state index in [2.05, 4.69) is 16.0 Å². The van der Waals surface area contributed by atoms with E-state index < -0.39 is 68.3 Å². The molecule has 0 atom stereocenters. The van der Waals surface area contributed by atoms with Crippen molar-refractivity contribution in [3.8, 4) is 11.5 Å². The summed E-state index contributed by atoms with van der Waals surface area (Å²) in [4.78, 5) is 26.8. The zero-order valence-electron chi connectivity index (χ0n) is 18.9. The highest BCUT2D eigenvalue weighted by atomic mass is 19.2. The lowest BCUT2D eigenvalue weighted by atomic mass is 9.81. The van der Waals surface area contributed by atoms with Crippen molar-refractivity contribution in [3.05, 3.63) is 46.0 Å². The molecular weight excluding hydrogens is 448 g/mol. The standard InChI is InChI=1S/C24H29F2N3O5/c1-2-3-4-5-8-28-21-17-18(22(20(26)19(21)25)29-10-9-27-11-12-30)24(34)16-14(32)7-6-13(31)15(16)23(17)33/h6-7,27-32H,2-5,8-12H2,1H3. The second kappa shape index (κ2) is 11.3. The van der Waals surface area contributed by atoms with Gasteiger partial charge in [0.1, 0.15) is 11.5 Å². The predicted octanol–water partition coefficient (Wildman–Crippen LogP) is 3.14. The van der Waals surface area contributed by atoms with Crippen molar-refractivity contribution in [3.63, 3.8) is 0 Å². The van der Waals surface area contributed by atoms with Crippen LogP contribution in [0.25, 0.3) is 0 Å². The molecule has 0 aromatic heterocycles. The number of ketones is 2. The number of aliphatic hydroxyl groups is 1. The van der Waals surface area contributed by atoms with Crippen molar-refractivity contribution < 1.29 is 33.7 Å². The van der Waals surface area contributed by atoms with Crippen LogP contribution >= 0.6 is 0 Å². The molecule has 0 spiro atoms. The average Bonchev–Trinajstić information content (AvgIpc) is 2.82. The van der Waals surface area contributed by atoms with E-state index in [1.165, 1.54) is 0 Å². The SMILES string of the molecule is CCCCCCNc1c(F)c(F)c(NCCNCCO)c2c1C(=O)c1c(O)ccc(O)c1C2=O. The molecule has 0 saturated carbocycles. The quantitative estimate of drug-likeness (QED) is 0.173. The predicted molar refractivity (Wildman–Crippen MR) is 124 cm³/mol. The largest absolute Gasteiger partial charge is 0.507 e. The van der Waals surface area contributed by atoms with Gasteiger partial charge in [0.2, 0.25) is 11.6 Å². The number of phenols is 2. The number of hydrogen-bond donors (Lipinski definition) is 6. The molecule has 0 saturated heterocycles. The Morgan fingerprint density at radius 2 is 1.26 bits per heavy atom. The van der Waals surface area contributed by atoms with Crippen LogP contribution in [0.2, 0.25) is 0 Å². The van der Waals surface area contributed by atoms with Gasteiger partial charge in [-0.3, -0.25) is 9.59 Å². The van der Waals surface area contributed by atoms with Crippen LogP contribution in [-0.4, -0.2) is 59.7 Å². The third-order valence-corrected chi connectivity index (χ3v) is 5.68. The second-order valence-corrected chi connectivity index (χ2v) is 8.03. The smallest absolute Gasteiger partial charge is 0.200 e. The van der Waals surface area contributed by atoms with Gasteiger partial charge >= 0.3 is 0 Å². The molecule has 1 aliphatic rings. The number of benzene rings is 2. The van der Waals surface area contributed by atoms with Gasteiger partial charge < -0.3 is 31.3 Å². The molecule has 0 aliphatic heterocycles. The second-order valence-electron chi connectivity index (χ2n) is 8.03. The number of anilines is 2. The molecule has 184 valence electrons. The van der Waals surface area contributed by atoms with Gasteiger partial charge in [-0.25, -0.2) is 8.78 Å². The Morgan fingerprint density at radius 3 is 1.76 bits per heavy atom. The van der Waals surface area contributed by atoms with Crippen LogP contribution in [0.3, 0.4) is 0 Å². The van der Waals surface area contributed by atoms with Gasteiger partial charge in [0.05, 0.1) is 40.2 Å². The summed E-state index contributed by atoms with van der Waals surface area (Å²) >= 11 is 0.